The van der Waals surface area contributed by atoms with Gasteiger partial charge in [-0.05, 0) is 106 Å². The molecule has 1 aromatic heterocycles. The van der Waals surface area contributed by atoms with Crippen LogP contribution in [0.4, 0.5) is 4.79 Å². The number of nitrogens with one attached hydrogen (secondary N) is 3. The molecule has 0 aliphatic carbocycles. The molecular formula is C52H83N5O12Si2. The summed E-state index contributed by atoms with van der Waals surface area (Å²) in [6.07, 6.45) is -4.78. The largest absolute Gasteiger partial charge is 0.497 e. The standard InChI is InChI=1S/C52H83N5O12Si2/c1-34(2)31-38(55-48(62)65-33-36-21-18-17-19-22-36)45(60)54-29-20-28-53-40(47(61)67-50(3,4)5)41(59)42-43(68-70(13,14)51(6,7)8)44(69-71(15,16)52(9,10)11)46(66-42)56-30-27-39(58)57(49(56)63)32-35-23-25-37(64-12)26-24-35/h17-19,21-27,30,34,38,40-44,46,53,59H,20,28-29,31-33H2,1-16H3,(H,54,60)(H,55,62)/t38-,40-,41+,42+,43+,44+,46+/m0/s1. The number of carbonyl (C=O) groups is 3. The van der Waals surface area contributed by atoms with E-state index < -0.39 is 94.2 Å². The van der Waals surface area contributed by atoms with Crippen molar-refractivity contribution >= 4 is 34.6 Å². The quantitative estimate of drug-likeness (QED) is 0.0445. The van der Waals surface area contributed by atoms with Crippen molar-refractivity contribution in [2.45, 2.75) is 187 Å². The van der Waals surface area contributed by atoms with Crippen LogP contribution in [0.1, 0.15) is 106 Å². The number of carbonyl (C=O) groups excluding carboxylic acids is 3. The second kappa shape index (κ2) is 24.4. The Labute approximate surface area is 422 Å². The number of ether oxygens (including phenoxy) is 4. The van der Waals surface area contributed by atoms with Crippen molar-refractivity contribution in [3.8, 4) is 5.75 Å². The summed E-state index contributed by atoms with van der Waals surface area (Å²) < 4.78 is 40.4. The van der Waals surface area contributed by atoms with Gasteiger partial charge in [0.25, 0.3) is 5.56 Å². The summed E-state index contributed by atoms with van der Waals surface area (Å²) in [6, 6.07) is 15.3. The van der Waals surface area contributed by atoms with Crippen molar-refractivity contribution in [2.24, 2.45) is 5.92 Å². The molecule has 17 nitrogen and oxygen atoms in total. The molecule has 0 radical (unpaired) electrons. The lowest BCUT2D eigenvalue weighted by Crippen LogP contribution is -2.59. The maximum atomic E-state index is 14.7. The van der Waals surface area contributed by atoms with Crippen LogP contribution in [0, 0.1) is 5.92 Å². The number of nitrogens with zero attached hydrogens (tertiary/aromatic N) is 2. The fourth-order valence-corrected chi connectivity index (χ4v) is 10.0. The van der Waals surface area contributed by atoms with Crippen LogP contribution in [0.15, 0.2) is 76.4 Å². The maximum Gasteiger partial charge on any atom is 0.408 e. The Balaban J connectivity index is 1.69. The number of hydrogen-bond acceptors (Lipinski definition) is 13. The molecular weight excluding hydrogens is 943 g/mol. The lowest BCUT2D eigenvalue weighted by Gasteiger charge is -2.44. The Kier molecular flexibility index (Phi) is 20.2. The fourth-order valence-electron chi connectivity index (χ4n) is 7.43. The van der Waals surface area contributed by atoms with E-state index in [0.717, 1.165) is 10.1 Å². The minimum atomic E-state index is -2.76. The molecule has 71 heavy (non-hydrogen) atoms. The van der Waals surface area contributed by atoms with E-state index in [2.05, 4.69) is 83.7 Å². The summed E-state index contributed by atoms with van der Waals surface area (Å²) in [5.41, 5.74) is -0.630. The average Bonchev–Trinajstić information content (AvgIpc) is 3.59. The predicted octanol–water partition coefficient (Wildman–Crippen LogP) is 7.25. The van der Waals surface area contributed by atoms with Crippen LogP contribution in [0.3, 0.4) is 0 Å². The van der Waals surface area contributed by atoms with E-state index >= 15 is 0 Å². The molecule has 2 heterocycles. The van der Waals surface area contributed by atoms with Gasteiger partial charge in [-0.1, -0.05) is 97.9 Å². The van der Waals surface area contributed by atoms with E-state index in [9.17, 15) is 29.1 Å². The SMILES string of the molecule is COc1ccc(Cn2c(=O)ccn([C@@H]3O[C@H]([C@H](O)[C@H](NCCCNC(=O)[C@H](CC(C)C)NC(=O)OCc4ccccc4)C(=O)OC(C)(C)C)[C@@H](O[Si](C)(C)C(C)(C)C)[C@H]3O[Si](C)(C)C(C)(C)C)c2=O)cc1. The minimum Gasteiger partial charge on any atom is -0.497 e. The van der Waals surface area contributed by atoms with Gasteiger partial charge in [-0.3, -0.25) is 23.5 Å². The summed E-state index contributed by atoms with van der Waals surface area (Å²) in [7, 11) is -3.95. The molecule has 4 N–H and O–H groups in total. The molecule has 1 aliphatic rings. The summed E-state index contributed by atoms with van der Waals surface area (Å²) >= 11 is 0. The van der Waals surface area contributed by atoms with Crippen molar-refractivity contribution in [3.05, 3.63) is 98.8 Å². The van der Waals surface area contributed by atoms with Gasteiger partial charge in [0, 0.05) is 18.8 Å². The fraction of sp³-hybridized carbons (Fsp3) is 0.635. The molecule has 7 atom stereocenters. The second-order valence-electron chi connectivity index (χ2n) is 22.9. The first-order chi connectivity index (χ1) is 32.9. The van der Waals surface area contributed by atoms with E-state index in [0.29, 0.717) is 24.2 Å². The van der Waals surface area contributed by atoms with Crippen LogP contribution < -0.4 is 31.9 Å². The Morgan fingerprint density at radius 3 is 1.94 bits per heavy atom. The normalized spacial score (nSPS) is 19.2. The van der Waals surface area contributed by atoms with Gasteiger partial charge in [-0.2, -0.15) is 0 Å². The molecule has 3 aromatic rings. The van der Waals surface area contributed by atoms with Crippen molar-refractivity contribution < 1.29 is 47.3 Å². The molecule has 0 saturated carbocycles. The van der Waals surface area contributed by atoms with Crippen LogP contribution in [0.2, 0.25) is 36.3 Å². The molecule has 396 valence electrons. The third kappa shape index (κ3) is 16.4. The number of methoxy groups -OCH3 is 1. The lowest BCUT2D eigenvalue weighted by atomic mass is 9.99. The van der Waals surface area contributed by atoms with Crippen LogP contribution >= 0.6 is 0 Å². The predicted molar refractivity (Wildman–Crippen MR) is 279 cm³/mol. The first-order valence-corrected chi connectivity index (χ1v) is 30.5. The van der Waals surface area contributed by atoms with Crippen LogP contribution in [-0.4, -0.2) is 111 Å². The van der Waals surface area contributed by atoms with E-state index in [1.54, 1.807) is 52.1 Å². The number of rotatable bonds is 22. The van der Waals surface area contributed by atoms with E-state index in [1.165, 1.54) is 16.8 Å². The first kappa shape index (κ1) is 58.9. The Morgan fingerprint density at radius 2 is 1.39 bits per heavy atom. The Bertz CT molecular complexity index is 2340. The van der Waals surface area contributed by atoms with E-state index in [4.69, 9.17) is 27.8 Å². The molecule has 1 aliphatic heterocycles. The van der Waals surface area contributed by atoms with Crippen molar-refractivity contribution in [1.82, 2.24) is 25.1 Å². The highest BCUT2D eigenvalue weighted by molar-refractivity contribution is 6.74. The third-order valence-corrected chi connectivity index (χ3v) is 22.4. The molecule has 0 bridgehead atoms. The van der Waals surface area contributed by atoms with Crippen LogP contribution in [-0.2, 0) is 45.8 Å². The summed E-state index contributed by atoms with van der Waals surface area (Å²) in [5.74, 6) is -0.446. The highest BCUT2D eigenvalue weighted by atomic mass is 28.4. The summed E-state index contributed by atoms with van der Waals surface area (Å²) in [6.45, 7) is 30.2. The number of esters is 1. The highest BCUT2D eigenvalue weighted by Crippen LogP contribution is 2.46. The van der Waals surface area contributed by atoms with Gasteiger partial charge in [0.15, 0.2) is 22.9 Å². The van der Waals surface area contributed by atoms with E-state index in [1.807, 2.05) is 44.2 Å². The van der Waals surface area contributed by atoms with Gasteiger partial charge in [0.2, 0.25) is 5.91 Å². The summed E-state index contributed by atoms with van der Waals surface area (Å²) in [5, 5.41) is 20.9. The number of amides is 2. The van der Waals surface area contributed by atoms with Crippen molar-refractivity contribution in [2.75, 3.05) is 20.2 Å². The molecule has 19 heteroatoms. The number of alkyl carbamates (subject to hydrolysis) is 1. The molecule has 4 rings (SSSR count). The number of aliphatic hydroxyl groups excluding tert-OH is 1. The zero-order valence-corrected chi connectivity index (χ0v) is 47.0. The van der Waals surface area contributed by atoms with Gasteiger partial charge in [0.1, 0.15) is 54.5 Å². The molecule has 1 fully saturated rings. The monoisotopic (exact) mass is 1030 g/mol. The molecule has 1 saturated heterocycles. The maximum absolute atomic E-state index is 14.7. The third-order valence-electron chi connectivity index (χ3n) is 13.5. The number of aromatic nitrogens is 2. The van der Waals surface area contributed by atoms with Gasteiger partial charge in [0.05, 0.1) is 13.7 Å². The molecule has 2 aromatic carbocycles. The van der Waals surface area contributed by atoms with Crippen molar-refractivity contribution in [3.63, 3.8) is 0 Å². The van der Waals surface area contributed by atoms with Gasteiger partial charge < -0.3 is 48.9 Å². The lowest BCUT2D eigenvalue weighted by molar-refractivity contribution is -0.166. The Hall–Kier alpha value is -4.64. The van der Waals surface area contributed by atoms with Crippen LogP contribution in [0.25, 0.3) is 0 Å². The van der Waals surface area contributed by atoms with Crippen LogP contribution in [0.5, 0.6) is 5.75 Å². The smallest absolute Gasteiger partial charge is 0.408 e. The number of benzene rings is 2. The zero-order chi connectivity index (χ0) is 53.3. The molecule has 0 spiro atoms. The zero-order valence-electron chi connectivity index (χ0n) is 45.0. The topological polar surface area (TPSA) is 207 Å². The van der Waals surface area contributed by atoms with Gasteiger partial charge in [-0.25, -0.2) is 9.59 Å². The minimum absolute atomic E-state index is 0.0415. The molecule has 2 amide bonds. The van der Waals surface area contributed by atoms with E-state index in [-0.39, 0.29) is 42.2 Å². The van der Waals surface area contributed by atoms with Gasteiger partial charge >= 0.3 is 17.8 Å². The number of aliphatic hydroxyl groups is 1. The number of hydrogen-bond donors (Lipinski definition) is 4. The summed E-state index contributed by atoms with van der Waals surface area (Å²) in [4.78, 5) is 68.6. The second-order valence-corrected chi connectivity index (χ2v) is 32.5. The first-order valence-electron chi connectivity index (χ1n) is 24.7. The van der Waals surface area contributed by atoms with Crippen molar-refractivity contribution in [1.29, 1.82) is 0 Å². The highest BCUT2D eigenvalue weighted by Gasteiger charge is 2.58. The average molecular weight is 1030 g/mol. The Morgan fingerprint density at radius 1 is 0.803 bits per heavy atom. The van der Waals surface area contributed by atoms with Gasteiger partial charge in [-0.15, -0.1) is 0 Å². The molecule has 0 unspecified atom stereocenters.